The maximum absolute atomic E-state index is 5.73. The number of hydrogen-bond acceptors (Lipinski definition) is 3. The monoisotopic (exact) mass is 273 g/mol. The first-order valence-electron chi connectivity index (χ1n) is 8.12. The minimum absolute atomic E-state index is 0.842. The van der Waals surface area contributed by atoms with Gasteiger partial charge in [0.25, 0.3) is 0 Å². The van der Waals surface area contributed by atoms with Crippen molar-refractivity contribution in [3.05, 3.63) is 29.8 Å². The number of nitrogen functional groups attached to an aromatic ring is 1. The van der Waals surface area contributed by atoms with E-state index in [9.17, 15) is 0 Å². The topological polar surface area (TPSA) is 32.5 Å². The summed E-state index contributed by atoms with van der Waals surface area (Å²) in [5.41, 5.74) is 8.00. The molecule has 0 aromatic heterocycles. The van der Waals surface area contributed by atoms with Crippen molar-refractivity contribution in [2.24, 2.45) is 0 Å². The van der Waals surface area contributed by atoms with Gasteiger partial charge >= 0.3 is 0 Å². The van der Waals surface area contributed by atoms with Gasteiger partial charge in [0.1, 0.15) is 0 Å². The Bertz CT molecular complexity index is 415. The van der Waals surface area contributed by atoms with E-state index in [2.05, 4.69) is 21.9 Å². The number of nitrogens with zero attached hydrogens (tertiary/aromatic N) is 2. The molecule has 3 heteroatoms. The predicted molar refractivity (Wildman–Crippen MR) is 84.8 cm³/mol. The Morgan fingerprint density at radius 1 is 1.05 bits per heavy atom. The summed E-state index contributed by atoms with van der Waals surface area (Å²) < 4.78 is 0. The fourth-order valence-corrected chi connectivity index (χ4v) is 3.68. The quantitative estimate of drug-likeness (QED) is 0.855. The molecule has 1 unspecified atom stereocenters. The van der Waals surface area contributed by atoms with Gasteiger partial charge in [0, 0.05) is 18.3 Å². The Morgan fingerprint density at radius 3 is 2.70 bits per heavy atom. The fraction of sp³-hybridized carbons (Fsp3) is 0.647. The first kappa shape index (κ1) is 13.9. The molecule has 0 saturated carbocycles. The molecule has 0 radical (unpaired) electrons. The van der Waals surface area contributed by atoms with Gasteiger partial charge in [-0.25, -0.2) is 0 Å². The van der Waals surface area contributed by atoms with E-state index in [-0.39, 0.29) is 0 Å². The Hall–Kier alpha value is -1.06. The van der Waals surface area contributed by atoms with E-state index in [0.717, 1.165) is 11.7 Å². The molecule has 2 saturated heterocycles. The molecule has 2 N–H and O–H groups in total. The summed E-state index contributed by atoms with van der Waals surface area (Å²) in [6, 6.07) is 9.19. The summed E-state index contributed by atoms with van der Waals surface area (Å²) >= 11 is 0. The molecule has 0 spiro atoms. The van der Waals surface area contributed by atoms with Gasteiger partial charge in [-0.3, -0.25) is 4.90 Å². The first-order valence-corrected chi connectivity index (χ1v) is 8.12. The standard InChI is InChI=1S/C17H27N3/c18-16-8-6-15(7-9-16)4-1-10-19-11-3-13-20-12-2-5-17(20)14-19/h6-9,17H,1-5,10-14,18H2. The molecule has 110 valence electrons. The lowest BCUT2D eigenvalue weighted by Crippen LogP contribution is -2.37. The van der Waals surface area contributed by atoms with E-state index < -0.39 is 0 Å². The molecule has 0 bridgehead atoms. The summed E-state index contributed by atoms with van der Waals surface area (Å²) in [5.74, 6) is 0. The zero-order chi connectivity index (χ0) is 13.8. The Kier molecular flexibility index (Phi) is 4.58. The van der Waals surface area contributed by atoms with Crippen LogP contribution in [0.15, 0.2) is 24.3 Å². The summed E-state index contributed by atoms with van der Waals surface area (Å²) in [6.45, 7) is 6.48. The van der Waals surface area contributed by atoms with Crippen molar-refractivity contribution in [2.75, 3.05) is 38.5 Å². The molecular weight excluding hydrogens is 246 g/mol. The van der Waals surface area contributed by atoms with E-state index in [1.54, 1.807) is 0 Å². The van der Waals surface area contributed by atoms with E-state index >= 15 is 0 Å². The van der Waals surface area contributed by atoms with Crippen molar-refractivity contribution >= 4 is 5.69 Å². The number of anilines is 1. The number of hydrogen-bond donors (Lipinski definition) is 1. The fourth-order valence-electron chi connectivity index (χ4n) is 3.68. The smallest absolute Gasteiger partial charge is 0.0314 e. The highest BCUT2D eigenvalue weighted by Crippen LogP contribution is 2.21. The van der Waals surface area contributed by atoms with Crippen LogP contribution in [0.1, 0.15) is 31.2 Å². The normalized spacial score (nSPS) is 24.5. The lowest BCUT2D eigenvalue weighted by Gasteiger charge is -2.25. The van der Waals surface area contributed by atoms with E-state index in [1.165, 1.54) is 70.4 Å². The minimum atomic E-state index is 0.842. The van der Waals surface area contributed by atoms with Crippen LogP contribution >= 0.6 is 0 Å². The maximum Gasteiger partial charge on any atom is 0.0314 e. The van der Waals surface area contributed by atoms with E-state index in [4.69, 9.17) is 5.73 Å². The summed E-state index contributed by atoms with van der Waals surface area (Å²) in [7, 11) is 0. The maximum atomic E-state index is 5.73. The van der Waals surface area contributed by atoms with Gasteiger partial charge < -0.3 is 10.6 Å². The molecule has 1 aromatic rings. The first-order chi connectivity index (χ1) is 9.81. The second kappa shape index (κ2) is 6.59. The number of fused-ring (bicyclic) bond motifs is 1. The average Bonchev–Trinajstić information content (AvgIpc) is 2.80. The van der Waals surface area contributed by atoms with Crippen molar-refractivity contribution in [3.63, 3.8) is 0 Å². The molecule has 1 atom stereocenters. The molecule has 2 heterocycles. The molecule has 3 rings (SSSR count). The summed E-state index contributed by atoms with van der Waals surface area (Å²) in [5, 5.41) is 0. The van der Waals surface area contributed by atoms with Gasteiger partial charge in [-0.2, -0.15) is 0 Å². The van der Waals surface area contributed by atoms with Gasteiger partial charge in [-0.05, 0) is 76.0 Å². The van der Waals surface area contributed by atoms with Crippen molar-refractivity contribution in [3.8, 4) is 0 Å². The van der Waals surface area contributed by atoms with Crippen molar-refractivity contribution in [1.82, 2.24) is 9.80 Å². The summed E-state index contributed by atoms with van der Waals surface area (Å²) in [6.07, 6.45) is 6.60. The van der Waals surface area contributed by atoms with Gasteiger partial charge in [0.15, 0.2) is 0 Å². The van der Waals surface area contributed by atoms with Gasteiger partial charge in [0.2, 0.25) is 0 Å². The van der Waals surface area contributed by atoms with Crippen LogP contribution in [0.25, 0.3) is 0 Å². The lowest BCUT2D eigenvalue weighted by molar-refractivity contribution is 0.219. The van der Waals surface area contributed by atoms with Crippen LogP contribution in [-0.2, 0) is 6.42 Å². The molecule has 2 aliphatic heterocycles. The van der Waals surface area contributed by atoms with Gasteiger partial charge in [-0.1, -0.05) is 12.1 Å². The molecule has 1 aromatic carbocycles. The van der Waals surface area contributed by atoms with Crippen molar-refractivity contribution < 1.29 is 0 Å². The predicted octanol–water partition coefficient (Wildman–Crippen LogP) is 2.37. The van der Waals surface area contributed by atoms with Crippen LogP contribution < -0.4 is 5.73 Å². The van der Waals surface area contributed by atoms with Crippen molar-refractivity contribution in [2.45, 2.75) is 38.1 Å². The van der Waals surface area contributed by atoms with Gasteiger partial charge in [0.05, 0.1) is 0 Å². The second-order valence-corrected chi connectivity index (χ2v) is 6.33. The highest BCUT2D eigenvalue weighted by atomic mass is 15.3. The van der Waals surface area contributed by atoms with Crippen molar-refractivity contribution in [1.29, 1.82) is 0 Å². The average molecular weight is 273 g/mol. The minimum Gasteiger partial charge on any atom is -0.399 e. The number of aryl methyl sites for hydroxylation is 1. The molecule has 2 fully saturated rings. The van der Waals surface area contributed by atoms with Crippen LogP contribution in [0.5, 0.6) is 0 Å². The molecule has 3 nitrogen and oxygen atoms in total. The molecule has 0 aliphatic carbocycles. The zero-order valence-corrected chi connectivity index (χ0v) is 12.4. The number of benzene rings is 1. The second-order valence-electron chi connectivity index (χ2n) is 6.33. The SMILES string of the molecule is Nc1ccc(CCCN2CCCN3CCCC3C2)cc1. The molecule has 0 amide bonds. The molecule has 20 heavy (non-hydrogen) atoms. The highest BCUT2D eigenvalue weighted by Gasteiger charge is 2.28. The zero-order valence-electron chi connectivity index (χ0n) is 12.4. The molecule has 2 aliphatic rings. The van der Waals surface area contributed by atoms with Crippen LogP contribution in [0.2, 0.25) is 0 Å². The Balaban J connectivity index is 1.44. The molecular formula is C17H27N3. The largest absolute Gasteiger partial charge is 0.399 e. The third-order valence-corrected chi connectivity index (χ3v) is 4.81. The van der Waals surface area contributed by atoms with E-state index in [1.807, 2.05) is 12.1 Å². The lowest BCUT2D eigenvalue weighted by atomic mass is 10.1. The van der Waals surface area contributed by atoms with Crippen LogP contribution in [0, 0.1) is 0 Å². The summed E-state index contributed by atoms with van der Waals surface area (Å²) in [4.78, 5) is 5.40. The number of nitrogens with two attached hydrogens (primary N) is 1. The highest BCUT2D eigenvalue weighted by molar-refractivity contribution is 5.39. The van der Waals surface area contributed by atoms with Crippen LogP contribution in [0.4, 0.5) is 5.69 Å². The Morgan fingerprint density at radius 2 is 1.85 bits per heavy atom. The van der Waals surface area contributed by atoms with Crippen LogP contribution in [-0.4, -0.2) is 48.6 Å². The third kappa shape index (κ3) is 3.53. The number of rotatable bonds is 4. The van der Waals surface area contributed by atoms with E-state index in [0.29, 0.717) is 0 Å². The van der Waals surface area contributed by atoms with Crippen LogP contribution in [0.3, 0.4) is 0 Å². The van der Waals surface area contributed by atoms with Gasteiger partial charge in [-0.15, -0.1) is 0 Å². The third-order valence-electron chi connectivity index (χ3n) is 4.81. The Labute approximate surface area is 122 Å².